The van der Waals surface area contributed by atoms with Gasteiger partial charge in [0.15, 0.2) is 5.82 Å². The van der Waals surface area contributed by atoms with Gasteiger partial charge in [-0.2, -0.15) is 0 Å². The van der Waals surface area contributed by atoms with Gasteiger partial charge in [0.25, 0.3) is 0 Å². The van der Waals surface area contributed by atoms with Crippen molar-refractivity contribution in [3.8, 4) is 11.4 Å². The number of fused-ring (bicyclic) bond motifs is 1. The fourth-order valence-corrected chi connectivity index (χ4v) is 4.33. The molecule has 0 bridgehead atoms. The zero-order valence-corrected chi connectivity index (χ0v) is 18.6. The molecule has 2 aromatic rings. The molecular weight excluding hydrogens is 390 g/mol. The Bertz CT molecular complexity index is 893. The van der Waals surface area contributed by atoms with Crippen LogP contribution in [-0.2, 0) is 11.2 Å². The van der Waals surface area contributed by atoms with Gasteiger partial charge < -0.3 is 20.4 Å². The number of hydrogen-bond acceptors (Lipinski definition) is 7. The number of anilines is 2. The number of likely N-dealkylation sites (N-methyl/N-ethyl adjacent to an activating group) is 2. The van der Waals surface area contributed by atoms with E-state index in [1.165, 1.54) is 11.3 Å². The Labute approximate surface area is 184 Å². The van der Waals surface area contributed by atoms with E-state index in [-0.39, 0.29) is 5.91 Å². The first-order chi connectivity index (χ1) is 15.0. The molecule has 2 aliphatic heterocycles. The van der Waals surface area contributed by atoms with Gasteiger partial charge in [-0.3, -0.25) is 9.69 Å². The molecule has 0 spiro atoms. The zero-order chi connectivity index (χ0) is 21.8. The SMILES string of the molecule is CN1CCN(c2ccc(-c3ncc4c(n3)N(CCCN(C)CC(N)=O)CC4)cc2)CC1. The van der Waals surface area contributed by atoms with Crippen LogP contribution in [0.5, 0.6) is 0 Å². The van der Waals surface area contributed by atoms with Crippen LogP contribution in [0.15, 0.2) is 30.5 Å². The van der Waals surface area contributed by atoms with Gasteiger partial charge in [-0.1, -0.05) is 0 Å². The van der Waals surface area contributed by atoms with Crippen molar-refractivity contribution in [3.63, 3.8) is 0 Å². The van der Waals surface area contributed by atoms with Gasteiger partial charge in [-0.05, 0) is 51.2 Å². The van der Waals surface area contributed by atoms with Crippen LogP contribution in [0.25, 0.3) is 11.4 Å². The highest BCUT2D eigenvalue weighted by atomic mass is 16.1. The van der Waals surface area contributed by atoms with Gasteiger partial charge in [0, 0.05) is 68.8 Å². The molecule has 31 heavy (non-hydrogen) atoms. The Balaban J connectivity index is 1.39. The van der Waals surface area contributed by atoms with E-state index in [2.05, 4.69) is 51.0 Å². The van der Waals surface area contributed by atoms with Crippen LogP contribution >= 0.6 is 0 Å². The molecule has 0 aliphatic carbocycles. The highest BCUT2D eigenvalue weighted by Gasteiger charge is 2.22. The second-order valence-corrected chi connectivity index (χ2v) is 8.67. The Morgan fingerprint density at radius 2 is 1.87 bits per heavy atom. The Morgan fingerprint density at radius 1 is 1.13 bits per heavy atom. The number of hydrogen-bond donors (Lipinski definition) is 1. The highest BCUT2D eigenvalue weighted by Crippen LogP contribution is 2.29. The number of primary amides is 1. The van der Waals surface area contributed by atoms with E-state index in [1.54, 1.807) is 0 Å². The van der Waals surface area contributed by atoms with Crippen LogP contribution < -0.4 is 15.5 Å². The molecule has 8 nitrogen and oxygen atoms in total. The van der Waals surface area contributed by atoms with Crippen LogP contribution in [0.2, 0.25) is 0 Å². The van der Waals surface area contributed by atoms with E-state index < -0.39 is 0 Å². The standard InChI is InChI=1S/C23H33N7O/c1-27-12-14-29(15-13-27)20-6-4-18(5-7-20)22-25-16-19-8-11-30(23(19)26-22)10-3-9-28(2)17-21(24)31/h4-7,16H,3,8-15,17H2,1-2H3,(H2,24,31). The van der Waals surface area contributed by atoms with Gasteiger partial charge in [0.05, 0.1) is 6.54 Å². The number of rotatable bonds is 8. The maximum Gasteiger partial charge on any atom is 0.231 e. The van der Waals surface area contributed by atoms with Crippen molar-refractivity contribution in [2.75, 3.05) is 76.3 Å². The van der Waals surface area contributed by atoms with Gasteiger partial charge in [0.1, 0.15) is 5.82 Å². The second kappa shape index (κ2) is 9.62. The molecule has 2 N–H and O–H groups in total. The number of carbonyl (C=O) groups excluding carboxylic acids is 1. The average Bonchev–Trinajstić information content (AvgIpc) is 3.16. The lowest BCUT2D eigenvalue weighted by molar-refractivity contribution is -0.118. The van der Waals surface area contributed by atoms with Crippen molar-refractivity contribution >= 4 is 17.4 Å². The number of piperazine rings is 1. The molecule has 4 rings (SSSR count). The number of carbonyl (C=O) groups is 1. The quantitative estimate of drug-likeness (QED) is 0.680. The summed E-state index contributed by atoms with van der Waals surface area (Å²) in [5, 5.41) is 0. The molecular formula is C23H33N7O. The minimum atomic E-state index is -0.287. The zero-order valence-electron chi connectivity index (χ0n) is 18.6. The predicted molar refractivity (Wildman–Crippen MR) is 124 cm³/mol. The predicted octanol–water partition coefficient (Wildman–Crippen LogP) is 1.07. The van der Waals surface area contributed by atoms with E-state index in [0.717, 1.165) is 75.9 Å². The summed E-state index contributed by atoms with van der Waals surface area (Å²) in [6, 6.07) is 8.63. The molecule has 2 aliphatic rings. The summed E-state index contributed by atoms with van der Waals surface area (Å²) in [4.78, 5) is 29.7. The molecule has 8 heteroatoms. The summed E-state index contributed by atoms with van der Waals surface area (Å²) in [7, 11) is 4.10. The van der Waals surface area contributed by atoms with Gasteiger partial charge >= 0.3 is 0 Å². The molecule has 0 unspecified atom stereocenters. The van der Waals surface area contributed by atoms with Crippen molar-refractivity contribution in [1.29, 1.82) is 0 Å². The van der Waals surface area contributed by atoms with E-state index >= 15 is 0 Å². The normalized spacial score (nSPS) is 16.7. The fraction of sp³-hybridized carbons (Fsp3) is 0.522. The summed E-state index contributed by atoms with van der Waals surface area (Å²) in [5.41, 5.74) is 8.79. The molecule has 1 amide bonds. The summed E-state index contributed by atoms with van der Waals surface area (Å²) in [6.07, 6.45) is 3.92. The molecule has 3 heterocycles. The third-order valence-electron chi connectivity index (χ3n) is 6.18. The summed E-state index contributed by atoms with van der Waals surface area (Å²) in [5.74, 6) is 1.54. The Kier molecular flexibility index (Phi) is 6.67. The molecule has 0 radical (unpaired) electrons. The number of aromatic nitrogens is 2. The third-order valence-corrected chi connectivity index (χ3v) is 6.18. The van der Waals surface area contributed by atoms with Crippen molar-refractivity contribution in [2.45, 2.75) is 12.8 Å². The van der Waals surface area contributed by atoms with Crippen LogP contribution in [0.1, 0.15) is 12.0 Å². The van der Waals surface area contributed by atoms with E-state index in [1.807, 2.05) is 18.1 Å². The molecule has 166 valence electrons. The number of benzene rings is 1. The summed E-state index contributed by atoms with van der Waals surface area (Å²) >= 11 is 0. The largest absolute Gasteiger partial charge is 0.369 e. The smallest absolute Gasteiger partial charge is 0.231 e. The number of nitrogens with two attached hydrogens (primary N) is 1. The minimum absolute atomic E-state index is 0.287. The lowest BCUT2D eigenvalue weighted by atomic mass is 10.1. The first-order valence-corrected chi connectivity index (χ1v) is 11.1. The lowest BCUT2D eigenvalue weighted by Crippen LogP contribution is -2.44. The lowest BCUT2D eigenvalue weighted by Gasteiger charge is -2.34. The first-order valence-electron chi connectivity index (χ1n) is 11.1. The van der Waals surface area contributed by atoms with Gasteiger partial charge in [-0.25, -0.2) is 9.97 Å². The number of amides is 1. The van der Waals surface area contributed by atoms with Crippen molar-refractivity contribution < 1.29 is 4.79 Å². The maximum atomic E-state index is 11.0. The van der Waals surface area contributed by atoms with Crippen LogP contribution in [0.3, 0.4) is 0 Å². The van der Waals surface area contributed by atoms with Crippen LogP contribution in [-0.4, -0.2) is 92.1 Å². The average molecular weight is 424 g/mol. The molecule has 1 aromatic heterocycles. The summed E-state index contributed by atoms with van der Waals surface area (Å²) in [6.45, 7) is 7.34. The van der Waals surface area contributed by atoms with Crippen LogP contribution in [0.4, 0.5) is 11.5 Å². The Morgan fingerprint density at radius 3 is 2.58 bits per heavy atom. The molecule has 1 saturated heterocycles. The highest BCUT2D eigenvalue weighted by molar-refractivity contribution is 5.75. The monoisotopic (exact) mass is 423 g/mol. The van der Waals surface area contributed by atoms with Crippen molar-refractivity contribution in [1.82, 2.24) is 19.8 Å². The molecule has 0 atom stereocenters. The second-order valence-electron chi connectivity index (χ2n) is 8.67. The Hall–Kier alpha value is -2.71. The minimum Gasteiger partial charge on any atom is -0.369 e. The van der Waals surface area contributed by atoms with Gasteiger partial charge in [-0.15, -0.1) is 0 Å². The maximum absolute atomic E-state index is 11.0. The van der Waals surface area contributed by atoms with E-state index in [0.29, 0.717) is 6.54 Å². The summed E-state index contributed by atoms with van der Waals surface area (Å²) < 4.78 is 0. The third kappa shape index (κ3) is 5.32. The molecule has 0 saturated carbocycles. The van der Waals surface area contributed by atoms with Gasteiger partial charge in [0.2, 0.25) is 5.91 Å². The van der Waals surface area contributed by atoms with Crippen LogP contribution in [0, 0.1) is 0 Å². The first kappa shape index (κ1) is 21.5. The van der Waals surface area contributed by atoms with E-state index in [9.17, 15) is 4.79 Å². The van der Waals surface area contributed by atoms with Crippen molar-refractivity contribution in [3.05, 3.63) is 36.0 Å². The van der Waals surface area contributed by atoms with Crippen molar-refractivity contribution in [2.24, 2.45) is 5.73 Å². The molecule has 1 fully saturated rings. The molecule has 1 aromatic carbocycles. The number of nitrogens with zero attached hydrogens (tertiary/aromatic N) is 6. The fourth-order valence-electron chi connectivity index (χ4n) is 4.33. The van der Waals surface area contributed by atoms with E-state index in [4.69, 9.17) is 10.7 Å². The topological polar surface area (TPSA) is 81.8 Å².